The fourth-order valence-corrected chi connectivity index (χ4v) is 6.05. The molecule has 3 N–H and O–H groups in total. The summed E-state index contributed by atoms with van der Waals surface area (Å²) in [5, 5.41) is 16.5. The maximum atomic E-state index is 15.5. The normalized spacial score (nSPS) is 16.2. The number of anilines is 1. The monoisotopic (exact) mass is 620 g/mol. The van der Waals surface area contributed by atoms with Crippen LogP contribution in [0.4, 0.5) is 10.1 Å². The molecular formula is C33H34ClFN4O5. The molecule has 0 saturated heterocycles. The highest BCUT2D eigenvalue weighted by Crippen LogP contribution is 2.41. The molecule has 0 bridgehead atoms. The van der Waals surface area contributed by atoms with Gasteiger partial charge in [0.15, 0.2) is 0 Å². The van der Waals surface area contributed by atoms with E-state index in [-0.39, 0.29) is 18.2 Å². The summed E-state index contributed by atoms with van der Waals surface area (Å²) in [4.78, 5) is 37.7. The largest absolute Gasteiger partial charge is 0.496 e. The number of aliphatic hydroxyl groups is 1. The zero-order valence-electron chi connectivity index (χ0n) is 24.9. The van der Waals surface area contributed by atoms with E-state index in [1.807, 2.05) is 25.1 Å². The van der Waals surface area contributed by atoms with Gasteiger partial charge in [-0.15, -0.1) is 0 Å². The van der Waals surface area contributed by atoms with Gasteiger partial charge in [0.2, 0.25) is 0 Å². The lowest BCUT2D eigenvalue weighted by Crippen LogP contribution is -2.40. The van der Waals surface area contributed by atoms with Crippen molar-refractivity contribution in [3.8, 4) is 28.0 Å². The van der Waals surface area contributed by atoms with Crippen LogP contribution in [0.15, 0.2) is 64.3 Å². The van der Waals surface area contributed by atoms with Gasteiger partial charge in [-0.2, -0.15) is 0 Å². The zero-order valence-corrected chi connectivity index (χ0v) is 25.7. The van der Waals surface area contributed by atoms with E-state index in [1.165, 1.54) is 38.0 Å². The maximum Gasteiger partial charge on any atom is 0.330 e. The van der Waals surface area contributed by atoms with Crippen molar-refractivity contribution in [1.29, 1.82) is 0 Å². The van der Waals surface area contributed by atoms with Gasteiger partial charge in [0.05, 0.1) is 18.2 Å². The van der Waals surface area contributed by atoms with E-state index in [0.717, 1.165) is 29.4 Å². The van der Waals surface area contributed by atoms with Crippen molar-refractivity contribution in [2.75, 3.05) is 12.4 Å². The maximum absolute atomic E-state index is 15.5. The van der Waals surface area contributed by atoms with Crippen molar-refractivity contribution < 1.29 is 19.0 Å². The van der Waals surface area contributed by atoms with E-state index in [9.17, 15) is 19.5 Å². The number of nitrogens with one attached hydrogen (secondary N) is 2. The Morgan fingerprint density at radius 2 is 1.80 bits per heavy atom. The summed E-state index contributed by atoms with van der Waals surface area (Å²) in [6.07, 6.45) is 3.26. The number of aromatic nitrogens is 2. The first-order valence-corrected chi connectivity index (χ1v) is 14.6. The van der Waals surface area contributed by atoms with Crippen LogP contribution in [0.1, 0.15) is 40.7 Å². The zero-order chi connectivity index (χ0) is 31.7. The van der Waals surface area contributed by atoms with Crippen LogP contribution in [0.3, 0.4) is 0 Å². The Kier molecular flexibility index (Phi) is 9.05. The van der Waals surface area contributed by atoms with Gasteiger partial charge in [-0.05, 0) is 61.1 Å². The van der Waals surface area contributed by atoms with Crippen LogP contribution in [0, 0.1) is 12.7 Å². The van der Waals surface area contributed by atoms with E-state index >= 15 is 4.39 Å². The summed E-state index contributed by atoms with van der Waals surface area (Å²) in [7, 11) is 4.27. The Morgan fingerprint density at radius 1 is 1.09 bits per heavy atom. The molecule has 0 radical (unpaired) electrons. The first-order valence-electron chi connectivity index (χ1n) is 14.3. The lowest BCUT2D eigenvalue weighted by atomic mass is 9.94. The first kappa shape index (κ1) is 31.2. The third-order valence-electron chi connectivity index (χ3n) is 8.27. The quantitative estimate of drug-likeness (QED) is 0.261. The molecule has 1 fully saturated rings. The molecule has 4 aromatic rings. The molecule has 1 aromatic heterocycles. The molecule has 3 aromatic carbocycles. The molecule has 230 valence electrons. The molecule has 5 rings (SSSR count). The molecule has 0 aliphatic heterocycles. The van der Waals surface area contributed by atoms with E-state index in [1.54, 1.807) is 24.3 Å². The van der Waals surface area contributed by atoms with E-state index in [2.05, 4.69) is 10.6 Å². The summed E-state index contributed by atoms with van der Waals surface area (Å²) >= 11 is 6.96. The number of carbonyl (C=O) groups excluding carboxylic acids is 1. The second-order valence-corrected chi connectivity index (χ2v) is 11.4. The van der Waals surface area contributed by atoms with Crippen LogP contribution in [0.2, 0.25) is 5.02 Å². The number of halogens is 2. The topological polar surface area (TPSA) is 115 Å². The predicted octanol–water partition coefficient (Wildman–Crippen LogP) is 4.78. The minimum Gasteiger partial charge on any atom is -0.496 e. The van der Waals surface area contributed by atoms with Gasteiger partial charge in [0, 0.05) is 55.3 Å². The van der Waals surface area contributed by atoms with Gasteiger partial charge < -0.3 is 25.0 Å². The van der Waals surface area contributed by atoms with Crippen LogP contribution < -0.4 is 26.6 Å². The fourth-order valence-electron chi connectivity index (χ4n) is 5.71. The van der Waals surface area contributed by atoms with Gasteiger partial charge in [-0.25, -0.2) is 9.18 Å². The van der Waals surface area contributed by atoms with E-state index in [4.69, 9.17) is 16.3 Å². The molecule has 0 unspecified atom stereocenters. The molecule has 1 heterocycles. The van der Waals surface area contributed by atoms with Crippen LogP contribution in [0.5, 0.6) is 5.75 Å². The van der Waals surface area contributed by atoms with Gasteiger partial charge >= 0.3 is 5.69 Å². The van der Waals surface area contributed by atoms with Crippen molar-refractivity contribution in [1.82, 2.24) is 14.5 Å². The number of hydrogen-bond acceptors (Lipinski definition) is 6. The highest BCUT2D eigenvalue weighted by Gasteiger charge is 2.26. The first-order chi connectivity index (χ1) is 21.0. The van der Waals surface area contributed by atoms with Crippen LogP contribution in [-0.4, -0.2) is 39.4 Å². The highest BCUT2D eigenvalue weighted by atomic mass is 35.5. The number of ether oxygens (including phenoxy) is 1. The van der Waals surface area contributed by atoms with Crippen LogP contribution >= 0.6 is 11.6 Å². The molecule has 1 amide bonds. The van der Waals surface area contributed by atoms with Crippen LogP contribution in [0.25, 0.3) is 22.3 Å². The van der Waals surface area contributed by atoms with Crippen LogP contribution in [-0.2, 0) is 20.6 Å². The Hall–Kier alpha value is -4.25. The highest BCUT2D eigenvalue weighted by molar-refractivity contribution is 6.36. The minimum atomic E-state index is -0.698. The molecule has 2 atom stereocenters. The molecule has 0 spiro atoms. The number of aliphatic hydroxyl groups excluding tert-OH is 1. The predicted molar refractivity (Wildman–Crippen MR) is 169 cm³/mol. The molecule has 1 aliphatic rings. The van der Waals surface area contributed by atoms with Crippen molar-refractivity contribution in [3.63, 3.8) is 0 Å². The van der Waals surface area contributed by atoms with Crippen molar-refractivity contribution in [2.45, 2.75) is 44.9 Å². The number of amides is 1. The standard InChI is InChI=1S/C33H34ClFN4O5/c1-18-20(8-6-11-26(18)37-31(41)24-17-38(2)33(43)39(3)32(24)42)22-10-5-9-21(30(22)34)19-14-25(35)23(29(15-19)44-4)16-36-27-12-7-13-28(27)40/h5-6,8-11,14-15,17,27-28,36,40H,7,12-13,16H2,1-4H3,(H,37,41)/t27-,28+/m0/s1. The molecule has 1 saturated carbocycles. The molecule has 1 aliphatic carbocycles. The summed E-state index contributed by atoms with van der Waals surface area (Å²) in [5.41, 5.74) is 2.63. The second kappa shape index (κ2) is 12.8. The Balaban J connectivity index is 1.46. The van der Waals surface area contributed by atoms with Crippen molar-refractivity contribution in [2.24, 2.45) is 14.1 Å². The van der Waals surface area contributed by atoms with Crippen molar-refractivity contribution in [3.05, 3.63) is 103 Å². The summed E-state index contributed by atoms with van der Waals surface area (Å²) in [6.45, 7) is 2.03. The van der Waals surface area contributed by atoms with Gasteiger partial charge in [-0.1, -0.05) is 41.9 Å². The Labute approximate surface area is 258 Å². The van der Waals surface area contributed by atoms with Gasteiger partial charge in [0.25, 0.3) is 11.5 Å². The molecule has 44 heavy (non-hydrogen) atoms. The number of rotatable bonds is 8. The SMILES string of the molecule is COc1cc(-c2cccc(-c3cccc(NC(=O)c4cn(C)c(=O)n(C)c4=O)c3C)c2Cl)cc(F)c1CN[C@H]1CCC[C@H]1O. The summed E-state index contributed by atoms with van der Waals surface area (Å²) < 4.78 is 23.1. The lowest BCUT2D eigenvalue weighted by Gasteiger charge is -2.19. The number of aryl methyl sites for hydroxylation is 1. The number of carbonyl (C=O) groups is 1. The van der Waals surface area contributed by atoms with E-state index in [0.29, 0.717) is 44.3 Å². The Bertz CT molecular complexity index is 1870. The van der Waals surface area contributed by atoms with Gasteiger partial charge in [0.1, 0.15) is 17.1 Å². The average molecular weight is 621 g/mol. The molecular weight excluding hydrogens is 587 g/mol. The lowest BCUT2D eigenvalue weighted by molar-refractivity contribution is 0.102. The Morgan fingerprint density at radius 3 is 2.50 bits per heavy atom. The third kappa shape index (κ3) is 5.93. The fraction of sp³-hybridized carbons (Fsp3) is 0.303. The molecule has 9 nitrogen and oxygen atoms in total. The summed E-state index contributed by atoms with van der Waals surface area (Å²) in [6, 6.07) is 13.8. The number of nitrogens with zero attached hydrogens (tertiary/aromatic N) is 2. The smallest absolute Gasteiger partial charge is 0.330 e. The van der Waals surface area contributed by atoms with Gasteiger partial charge in [-0.3, -0.25) is 14.2 Å². The summed E-state index contributed by atoms with van der Waals surface area (Å²) in [5.74, 6) is -0.737. The average Bonchev–Trinajstić information content (AvgIpc) is 3.42. The second-order valence-electron chi connectivity index (χ2n) is 11.0. The minimum absolute atomic E-state index is 0.0829. The number of methoxy groups -OCH3 is 1. The van der Waals surface area contributed by atoms with Crippen molar-refractivity contribution >= 4 is 23.2 Å². The third-order valence-corrected chi connectivity index (χ3v) is 8.68. The number of hydrogen-bond donors (Lipinski definition) is 3. The number of benzene rings is 3. The molecule has 11 heteroatoms. The van der Waals surface area contributed by atoms with E-state index < -0.39 is 29.1 Å².